The maximum Gasteiger partial charge on any atom is 0.165 e. The molecule has 3 heterocycles. The minimum Gasteiger partial charge on any atom is -0.507 e. The molecule has 1 aromatic heterocycles. The van der Waals surface area contributed by atoms with E-state index in [-0.39, 0.29) is 5.75 Å². The molecule has 5 nitrogen and oxygen atoms in total. The summed E-state index contributed by atoms with van der Waals surface area (Å²) in [5.74, 6) is 1.84. The zero-order valence-electron chi connectivity index (χ0n) is 17.7. The molecule has 3 aromatic rings. The fraction of sp³-hybridized carbons (Fsp3) is 0.440. The van der Waals surface area contributed by atoms with E-state index in [0.29, 0.717) is 17.4 Å². The van der Waals surface area contributed by atoms with E-state index >= 15 is 0 Å². The lowest BCUT2D eigenvalue weighted by Crippen LogP contribution is -2.42. The lowest BCUT2D eigenvalue weighted by Gasteiger charge is -2.34. The molecule has 0 amide bonds. The first kappa shape index (κ1) is 19.3. The average molecular weight is 403 g/mol. The lowest BCUT2D eigenvalue weighted by molar-refractivity contribution is 0.216. The molecule has 30 heavy (non-hydrogen) atoms. The third kappa shape index (κ3) is 3.74. The summed E-state index contributed by atoms with van der Waals surface area (Å²) in [6, 6.07) is 14.3. The van der Waals surface area contributed by atoms with Crippen LogP contribution in [0.15, 0.2) is 42.5 Å². The molecule has 0 spiro atoms. The highest BCUT2D eigenvalue weighted by Crippen LogP contribution is 2.35. The standard InChI is InChI=1S/C25H30N4O/c1-18-11-12-20-22(16-18)26-24(21-9-3-4-10-23(21)30)27-25(20)29-15-7-8-19(29)17-28-13-5-2-6-14-28/h3-4,9-12,16,19,30H,2,5-8,13-15,17H2,1H3. The van der Waals surface area contributed by atoms with Gasteiger partial charge in [0.25, 0.3) is 0 Å². The van der Waals surface area contributed by atoms with Crippen molar-refractivity contribution in [2.75, 3.05) is 31.1 Å². The first-order valence-corrected chi connectivity index (χ1v) is 11.2. The summed E-state index contributed by atoms with van der Waals surface area (Å²) in [5.41, 5.74) is 2.82. The van der Waals surface area contributed by atoms with Gasteiger partial charge in [-0.2, -0.15) is 0 Å². The van der Waals surface area contributed by atoms with Crippen LogP contribution in [0, 0.1) is 6.92 Å². The van der Waals surface area contributed by atoms with E-state index < -0.39 is 0 Å². The van der Waals surface area contributed by atoms with Gasteiger partial charge in [0.15, 0.2) is 5.82 Å². The number of aromatic nitrogens is 2. The minimum absolute atomic E-state index is 0.224. The van der Waals surface area contributed by atoms with Gasteiger partial charge in [-0.3, -0.25) is 0 Å². The van der Waals surface area contributed by atoms with Crippen LogP contribution in [0.3, 0.4) is 0 Å². The van der Waals surface area contributed by atoms with E-state index in [1.165, 1.54) is 50.8 Å². The first-order chi connectivity index (χ1) is 14.7. The number of likely N-dealkylation sites (tertiary alicyclic amines) is 1. The van der Waals surface area contributed by atoms with Gasteiger partial charge >= 0.3 is 0 Å². The number of aryl methyl sites for hydroxylation is 1. The van der Waals surface area contributed by atoms with Gasteiger partial charge in [0.2, 0.25) is 0 Å². The second-order valence-corrected chi connectivity index (χ2v) is 8.76. The fourth-order valence-corrected chi connectivity index (χ4v) is 4.97. The Hall–Kier alpha value is -2.66. The van der Waals surface area contributed by atoms with Crippen molar-refractivity contribution in [3.05, 3.63) is 48.0 Å². The normalized spacial score (nSPS) is 20.2. The third-order valence-electron chi connectivity index (χ3n) is 6.54. The smallest absolute Gasteiger partial charge is 0.165 e. The minimum atomic E-state index is 0.224. The Morgan fingerprint density at radius 2 is 1.80 bits per heavy atom. The van der Waals surface area contributed by atoms with Gasteiger partial charge in [-0.05, 0) is 75.5 Å². The molecule has 0 radical (unpaired) electrons. The van der Waals surface area contributed by atoms with Gasteiger partial charge in [0.1, 0.15) is 11.6 Å². The quantitative estimate of drug-likeness (QED) is 0.681. The summed E-state index contributed by atoms with van der Waals surface area (Å²) >= 11 is 0. The molecular formula is C25H30N4O. The van der Waals surface area contributed by atoms with Gasteiger partial charge in [0.05, 0.1) is 11.1 Å². The summed E-state index contributed by atoms with van der Waals surface area (Å²) in [5, 5.41) is 11.5. The topological polar surface area (TPSA) is 52.5 Å². The lowest BCUT2D eigenvalue weighted by atomic mass is 10.1. The monoisotopic (exact) mass is 402 g/mol. The van der Waals surface area contributed by atoms with Crippen molar-refractivity contribution in [3.63, 3.8) is 0 Å². The van der Waals surface area contributed by atoms with Crippen molar-refractivity contribution in [2.45, 2.75) is 45.1 Å². The summed E-state index contributed by atoms with van der Waals surface area (Å²) in [6.07, 6.45) is 6.41. The van der Waals surface area contributed by atoms with E-state index in [9.17, 15) is 5.11 Å². The number of anilines is 1. The number of piperidine rings is 1. The second-order valence-electron chi connectivity index (χ2n) is 8.76. The van der Waals surface area contributed by atoms with E-state index in [2.05, 4.69) is 34.9 Å². The molecule has 2 aromatic carbocycles. The number of benzene rings is 2. The molecule has 5 rings (SSSR count). The summed E-state index contributed by atoms with van der Waals surface area (Å²) in [4.78, 5) is 15.0. The number of nitrogens with zero attached hydrogens (tertiary/aromatic N) is 4. The van der Waals surface area contributed by atoms with Crippen LogP contribution in [0.5, 0.6) is 5.75 Å². The number of aromatic hydroxyl groups is 1. The zero-order chi connectivity index (χ0) is 20.5. The van der Waals surface area contributed by atoms with Gasteiger partial charge < -0.3 is 14.9 Å². The van der Waals surface area contributed by atoms with Crippen molar-refractivity contribution in [1.29, 1.82) is 0 Å². The first-order valence-electron chi connectivity index (χ1n) is 11.2. The zero-order valence-corrected chi connectivity index (χ0v) is 17.7. The molecule has 1 N–H and O–H groups in total. The van der Waals surface area contributed by atoms with Crippen LogP contribution in [0.4, 0.5) is 5.82 Å². The molecule has 0 bridgehead atoms. The number of phenolic OH excluding ortho intramolecular Hbond substituents is 1. The Bertz CT molecular complexity index is 1040. The van der Waals surface area contributed by atoms with Crippen LogP contribution in [0.1, 0.15) is 37.7 Å². The SMILES string of the molecule is Cc1ccc2c(N3CCCC3CN3CCCCC3)nc(-c3ccccc3O)nc2c1. The van der Waals surface area contributed by atoms with Gasteiger partial charge in [0, 0.05) is 24.5 Å². The molecule has 2 saturated heterocycles. The van der Waals surface area contributed by atoms with Crippen molar-refractivity contribution in [3.8, 4) is 17.1 Å². The largest absolute Gasteiger partial charge is 0.507 e. The van der Waals surface area contributed by atoms with Crippen LogP contribution < -0.4 is 4.90 Å². The van der Waals surface area contributed by atoms with Gasteiger partial charge in [-0.25, -0.2) is 9.97 Å². The van der Waals surface area contributed by atoms with Crippen LogP contribution in [0.25, 0.3) is 22.3 Å². The van der Waals surface area contributed by atoms with Crippen molar-refractivity contribution >= 4 is 16.7 Å². The number of hydrogen-bond donors (Lipinski definition) is 1. The highest BCUT2D eigenvalue weighted by Gasteiger charge is 2.30. The van der Waals surface area contributed by atoms with E-state index in [1.54, 1.807) is 6.07 Å². The van der Waals surface area contributed by atoms with Crippen LogP contribution in [-0.4, -0.2) is 52.2 Å². The summed E-state index contributed by atoms with van der Waals surface area (Å²) in [7, 11) is 0. The van der Waals surface area contributed by atoms with Crippen molar-refractivity contribution < 1.29 is 5.11 Å². The Morgan fingerprint density at radius 3 is 2.63 bits per heavy atom. The van der Waals surface area contributed by atoms with Gasteiger partial charge in [-0.15, -0.1) is 0 Å². The van der Waals surface area contributed by atoms with Crippen molar-refractivity contribution in [1.82, 2.24) is 14.9 Å². The maximum absolute atomic E-state index is 10.4. The number of phenols is 1. The Labute approximate surface area is 178 Å². The molecule has 2 fully saturated rings. The van der Waals surface area contributed by atoms with E-state index in [1.807, 2.05) is 18.2 Å². The summed E-state index contributed by atoms with van der Waals surface area (Å²) in [6.45, 7) is 6.67. The Morgan fingerprint density at radius 1 is 0.967 bits per heavy atom. The molecule has 5 heteroatoms. The molecule has 0 saturated carbocycles. The van der Waals surface area contributed by atoms with Crippen LogP contribution in [0.2, 0.25) is 0 Å². The number of para-hydroxylation sites is 1. The van der Waals surface area contributed by atoms with E-state index in [4.69, 9.17) is 9.97 Å². The predicted octanol–water partition coefficient (Wildman–Crippen LogP) is 4.77. The average Bonchev–Trinajstić information content (AvgIpc) is 3.21. The third-order valence-corrected chi connectivity index (χ3v) is 6.54. The molecule has 0 aliphatic carbocycles. The Balaban J connectivity index is 1.57. The maximum atomic E-state index is 10.4. The fourth-order valence-electron chi connectivity index (χ4n) is 4.97. The molecule has 2 aliphatic rings. The van der Waals surface area contributed by atoms with E-state index in [0.717, 1.165) is 29.8 Å². The molecule has 1 atom stereocenters. The molecule has 156 valence electrons. The Kier molecular flexibility index (Phi) is 5.30. The predicted molar refractivity (Wildman–Crippen MR) is 122 cm³/mol. The number of rotatable bonds is 4. The number of hydrogen-bond acceptors (Lipinski definition) is 5. The van der Waals surface area contributed by atoms with Crippen LogP contribution >= 0.6 is 0 Å². The molecular weight excluding hydrogens is 372 g/mol. The van der Waals surface area contributed by atoms with Gasteiger partial charge in [-0.1, -0.05) is 24.6 Å². The van der Waals surface area contributed by atoms with Crippen molar-refractivity contribution in [2.24, 2.45) is 0 Å². The number of fused-ring (bicyclic) bond motifs is 1. The molecule has 1 unspecified atom stereocenters. The highest BCUT2D eigenvalue weighted by molar-refractivity contribution is 5.92. The summed E-state index contributed by atoms with van der Waals surface area (Å²) < 4.78 is 0. The highest BCUT2D eigenvalue weighted by atomic mass is 16.3. The second kappa shape index (κ2) is 8.23. The van der Waals surface area contributed by atoms with Crippen LogP contribution in [-0.2, 0) is 0 Å². The molecule has 2 aliphatic heterocycles.